The van der Waals surface area contributed by atoms with E-state index in [0.29, 0.717) is 24.7 Å². The molecule has 2 unspecified atom stereocenters. The number of anilines is 3. The van der Waals surface area contributed by atoms with Gasteiger partial charge in [0.15, 0.2) is 0 Å². The molecule has 0 radical (unpaired) electrons. The van der Waals surface area contributed by atoms with E-state index in [9.17, 15) is 0 Å². The van der Waals surface area contributed by atoms with Gasteiger partial charge in [-0.3, -0.25) is 0 Å². The molecule has 1 saturated heterocycles. The largest absolute Gasteiger partial charge is 0.377 e. The fourth-order valence-corrected chi connectivity index (χ4v) is 2.07. The van der Waals surface area contributed by atoms with Crippen LogP contribution in [0.25, 0.3) is 0 Å². The number of nitrogens with zero attached hydrogens (tertiary/aromatic N) is 3. The maximum Gasteiger partial charge on any atom is 0.223 e. The molecule has 2 heterocycles. The first-order valence-electron chi connectivity index (χ1n) is 5.59. The maximum absolute atomic E-state index is 5.63. The van der Waals surface area contributed by atoms with Gasteiger partial charge in [-0.25, -0.2) is 5.84 Å². The Balaban J connectivity index is 2.20. The minimum absolute atomic E-state index is 0.0143. The fourth-order valence-electron chi connectivity index (χ4n) is 2.07. The second-order valence-corrected chi connectivity index (χ2v) is 4.07. The summed E-state index contributed by atoms with van der Waals surface area (Å²) in [5, 5.41) is 0. The topological polar surface area (TPSA) is 112 Å². The van der Waals surface area contributed by atoms with Gasteiger partial charge in [0, 0.05) is 33.4 Å². The molecule has 0 aliphatic carbocycles. The quantitative estimate of drug-likeness (QED) is 0.472. The molecule has 1 aromatic heterocycles. The van der Waals surface area contributed by atoms with E-state index in [1.54, 1.807) is 20.3 Å². The zero-order chi connectivity index (χ0) is 13.1. The van der Waals surface area contributed by atoms with E-state index in [2.05, 4.69) is 15.4 Å². The average molecular weight is 254 g/mol. The van der Waals surface area contributed by atoms with Crippen LogP contribution in [0, 0.1) is 0 Å². The summed E-state index contributed by atoms with van der Waals surface area (Å²) in [5.74, 6) is 6.69. The molecule has 1 fully saturated rings. The highest BCUT2D eigenvalue weighted by molar-refractivity contribution is 5.53. The van der Waals surface area contributed by atoms with Gasteiger partial charge in [0.25, 0.3) is 0 Å². The number of methoxy groups -OCH3 is 2. The third-order valence-electron chi connectivity index (χ3n) is 3.02. The highest BCUT2D eigenvalue weighted by atomic mass is 16.5. The SMILES string of the molecule is COC1CN(c2cc(NN)nc(N)n2)CC1OC. The number of aromatic nitrogens is 2. The first-order valence-corrected chi connectivity index (χ1v) is 5.59. The van der Waals surface area contributed by atoms with E-state index in [1.807, 2.05) is 4.90 Å². The third-order valence-corrected chi connectivity index (χ3v) is 3.02. The molecule has 2 atom stereocenters. The first kappa shape index (κ1) is 12.8. The Morgan fingerprint density at radius 3 is 2.39 bits per heavy atom. The number of nitrogens with one attached hydrogen (secondary N) is 1. The zero-order valence-electron chi connectivity index (χ0n) is 10.5. The molecule has 1 aliphatic heterocycles. The van der Waals surface area contributed by atoms with Gasteiger partial charge in [0.05, 0.1) is 0 Å². The van der Waals surface area contributed by atoms with Crippen LogP contribution in [-0.2, 0) is 9.47 Å². The summed E-state index contributed by atoms with van der Waals surface area (Å²) in [6.07, 6.45) is 0.0287. The summed E-state index contributed by atoms with van der Waals surface area (Å²) in [4.78, 5) is 10.2. The predicted octanol–water partition coefficient (Wildman–Crippen LogP) is -0.806. The number of nitrogens with two attached hydrogens (primary N) is 2. The van der Waals surface area contributed by atoms with Crippen molar-refractivity contribution in [2.24, 2.45) is 5.84 Å². The van der Waals surface area contributed by atoms with Crippen LogP contribution in [0.1, 0.15) is 0 Å². The number of nitrogen functional groups attached to an aromatic ring is 2. The number of ether oxygens (including phenoxy) is 2. The lowest BCUT2D eigenvalue weighted by Crippen LogP contribution is -2.27. The average Bonchev–Trinajstić information content (AvgIpc) is 2.81. The summed E-state index contributed by atoms with van der Waals surface area (Å²) in [6.45, 7) is 1.38. The van der Waals surface area contributed by atoms with Gasteiger partial charge < -0.3 is 25.5 Å². The highest BCUT2D eigenvalue weighted by Gasteiger charge is 2.33. The monoisotopic (exact) mass is 254 g/mol. The van der Waals surface area contributed by atoms with Crippen LogP contribution in [-0.4, -0.2) is 49.5 Å². The Hall–Kier alpha value is -1.64. The summed E-state index contributed by atoms with van der Waals surface area (Å²) >= 11 is 0. The van der Waals surface area contributed by atoms with Crippen LogP contribution in [0.2, 0.25) is 0 Å². The van der Waals surface area contributed by atoms with Gasteiger partial charge in [-0.2, -0.15) is 9.97 Å². The van der Waals surface area contributed by atoms with Crippen molar-refractivity contribution in [1.82, 2.24) is 9.97 Å². The second kappa shape index (κ2) is 5.34. The van der Waals surface area contributed by atoms with Gasteiger partial charge in [0.2, 0.25) is 5.95 Å². The molecule has 5 N–H and O–H groups in total. The van der Waals surface area contributed by atoms with Crippen LogP contribution in [0.3, 0.4) is 0 Å². The molecule has 8 nitrogen and oxygen atoms in total. The summed E-state index contributed by atoms with van der Waals surface area (Å²) in [6, 6.07) is 1.74. The van der Waals surface area contributed by atoms with Crippen molar-refractivity contribution < 1.29 is 9.47 Å². The molecule has 0 bridgehead atoms. The van der Waals surface area contributed by atoms with E-state index in [-0.39, 0.29) is 18.2 Å². The number of hydrazine groups is 1. The molecule has 0 amide bonds. The first-order chi connectivity index (χ1) is 8.67. The van der Waals surface area contributed by atoms with Crippen molar-refractivity contribution in [3.8, 4) is 0 Å². The second-order valence-electron chi connectivity index (χ2n) is 4.07. The van der Waals surface area contributed by atoms with Crippen LogP contribution in [0.5, 0.6) is 0 Å². The van der Waals surface area contributed by atoms with Gasteiger partial charge in [-0.1, -0.05) is 0 Å². The number of hydrogen-bond acceptors (Lipinski definition) is 8. The van der Waals surface area contributed by atoms with Crippen LogP contribution < -0.4 is 21.9 Å². The van der Waals surface area contributed by atoms with Crippen molar-refractivity contribution in [2.45, 2.75) is 12.2 Å². The van der Waals surface area contributed by atoms with E-state index in [1.165, 1.54) is 0 Å². The Bertz CT molecular complexity index is 403. The third kappa shape index (κ3) is 2.45. The Labute approximate surface area is 105 Å². The van der Waals surface area contributed by atoms with Crippen molar-refractivity contribution >= 4 is 17.6 Å². The summed E-state index contributed by atoms with van der Waals surface area (Å²) < 4.78 is 10.7. The molecular formula is C10H18N6O2. The molecule has 1 aliphatic rings. The molecule has 18 heavy (non-hydrogen) atoms. The number of rotatable bonds is 4. The van der Waals surface area contributed by atoms with Crippen molar-refractivity contribution in [3.63, 3.8) is 0 Å². The molecule has 100 valence electrons. The zero-order valence-corrected chi connectivity index (χ0v) is 10.5. The lowest BCUT2D eigenvalue weighted by Gasteiger charge is -2.17. The summed E-state index contributed by atoms with van der Waals surface area (Å²) in [5.41, 5.74) is 8.09. The normalized spacial score (nSPS) is 23.4. The predicted molar refractivity (Wildman–Crippen MR) is 68.1 cm³/mol. The van der Waals surface area contributed by atoms with Crippen LogP contribution in [0.15, 0.2) is 6.07 Å². The van der Waals surface area contributed by atoms with Crippen molar-refractivity contribution in [3.05, 3.63) is 6.07 Å². The standard InChI is InChI=1S/C10H18N6O2/c1-17-6-4-16(5-7(6)18-2)9-3-8(15-12)13-10(11)14-9/h3,6-7H,4-5,12H2,1-2H3,(H3,11,13,14,15). The van der Waals surface area contributed by atoms with Crippen molar-refractivity contribution in [1.29, 1.82) is 0 Å². The van der Waals surface area contributed by atoms with Gasteiger partial charge in [-0.15, -0.1) is 0 Å². The van der Waals surface area contributed by atoms with E-state index < -0.39 is 0 Å². The minimum Gasteiger partial charge on any atom is -0.377 e. The Kier molecular flexibility index (Phi) is 3.80. The molecule has 0 spiro atoms. The Morgan fingerprint density at radius 1 is 1.28 bits per heavy atom. The minimum atomic E-state index is 0.0143. The van der Waals surface area contributed by atoms with E-state index in [0.717, 1.165) is 0 Å². The van der Waals surface area contributed by atoms with Gasteiger partial charge in [0.1, 0.15) is 23.8 Å². The molecule has 2 rings (SSSR count). The molecule has 0 saturated carbocycles. The molecule has 0 aromatic carbocycles. The lowest BCUT2D eigenvalue weighted by molar-refractivity contribution is -0.00461. The molecule has 1 aromatic rings. The van der Waals surface area contributed by atoms with E-state index in [4.69, 9.17) is 21.1 Å². The van der Waals surface area contributed by atoms with Crippen LogP contribution >= 0.6 is 0 Å². The van der Waals surface area contributed by atoms with Gasteiger partial charge >= 0.3 is 0 Å². The fraction of sp³-hybridized carbons (Fsp3) is 0.600. The van der Waals surface area contributed by atoms with Crippen LogP contribution in [0.4, 0.5) is 17.6 Å². The van der Waals surface area contributed by atoms with E-state index >= 15 is 0 Å². The maximum atomic E-state index is 5.63. The summed E-state index contributed by atoms with van der Waals surface area (Å²) in [7, 11) is 3.34. The smallest absolute Gasteiger partial charge is 0.223 e. The molecule has 8 heteroatoms. The lowest BCUT2D eigenvalue weighted by atomic mass is 10.3. The van der Waals surface area contributed by atoms with Crippen molar-refractivity contribution in [2.75, 3.05) is 43.4 Å². The number of hydrogen-bond donors (Lipinski definition) is 3. The Morgan fingerprint density at radius 2 is 1.89 bits per heavy atom. The molecular weight excluding hydrogens is 236 g/mol. The van der Waals surface area contributed by atoms with Gasteiger partial charge in [-0.05, 0) is 0 Å². The highest BCUT2D eigenvalue weighted by Crippen LogP contribution is 2.23.